The molecule has 136 valence electrons. The van der Waals surface area contributed by atoms with Crippen molar-refractivity contribution < 1.29 is 24.6 Å². The molecule has 0 saturated carbocycles. The second-order valence-electron chi connectivity index (χ2n) is 6.03. The maximum absolute atomic E-state index is 12.6. The summed E-state index contributed by atoms with van der Waals surface area (Å²) < 4.78 is 5.35. The third-order valence-corrected chi connectivity index (χ3v) is 4.16. The molecule has 0 aliphatic carbocycles. The molecule has 2 aromatic carbocycles. The fraction of sp³-hybridized carbons (Fsp3) is 0.278. The summed E-state index contributed by atoms with van der Waals surface area (Å²) in [6.45, 7) is 0.117. The summed E-state index contributed by atoms with van der Waals surface area (Å²) in [6.07, 6.45) is -0.164. The molecule has 26 heavy (non-hydrogen) atoms. The maximum atomic E-state index is 12.6. The van der Waals surface area contributed by atoms with Crippen molar-refractivity contribution in [1.82, 2.24) is 0 Å². The fourth-order valence-electron chi connectivity index (χ4n) is 3.02. The van der Waals surface area contributed by atoms with Crippen LogP contribution in [0.2, 0.25) is 0 Å². The molecule has 0 bridgehead atoms. The molecule has 3 rings (SSSR count). The van der Waals surface area contributed by atoms with Gasteiger partial charge in [0.25, 0.3) is 5.09 Å². The van der Waals surface area contributed by atoms with Gasteiger partial charge >= 0.3 is 6.09 Å². The summed E-state index contributed by atoms with van der Waals surface area (Å²) in [5, 5.41) is 19.8. The Kier molecular flexibility index (Phi) is 5.21. The lowest BCUT2D eigenvalue weighted by atomic mass is 9.93. The third kappa shape index (κ3) is 4.02. The number of benzene rings is 2. The number of aromatic hydroxyl groups is 1. The number of nitrogens with zero attached hydrogens (tertiary/aromatic N) is 2. The topological polar surface area (TPSA) is 102 Å². The molecule has 1 unspecified atom stereocenters. The van der Waals surface area contributed by atoms with Crippen LogP contribution in [-0.4, -0.2) is 29.4 Å². The zero-order chi connectivity index (χ0) is 18.5. The average Bonchev–Trinajstić information content (AvgIpc) is 2.64. The average molecular weight is 358 g/mol. The van der Waals surface area contributed by atoms with Gasteiger partial charge in [0.15, 0.2) is 0 Å². The first-order valence-electron chi connectivity index (χ1n) is 8.11. The van der Waals surface area contributed by atoms with E-state index in [1.54, 1.807) is 12.1 Å². The second-order valence-corrected chi connectivity index (χ2v) is 6.03. The van der Waals surface area contributed by atoms with Crippen LogP contribution in [0.1, 0.15) is 11.1 Å². The first-order valence-corrected chi connectivity index (χ1v) is 8.11. The predicted octanol–water partition coefficient (Wildman–Crippen LogP) is 2.92. The summed E-state index contributed by atoms with van der Waals surface area (Å²) in [7, 11) is 0. The van der Waals surface area contributed by atoms with Crippen LogP contribution < -0.4 is 4.90 Å². The Morgan fingerprint density at radius 1 is 1.23 bits per heavy atom. The Hall–Kier alpha value is -3.29. The van der Waals surface area contributed by atoms with Gasteiger partial charge in [0.1, 0.15) is 19.0 Å². The molecule has 1 heterocycles. The lowest BCUT2D eigenvalue weighted by molar-refractivity contribution is -0.759. The minimum Gasteiger partial charge on any atom is -0.506 e. The predicted molar refractivity (Wildman–Crippen MR) is 92.2 cm³/mol. The molecular formula is C18H18N2O6. The quantitative estimate of drug-likeness (QED) is 0.651. The summed E-state index contributed by atoms with van der Waals surface area (Å²) in [5.74, 6) is -0.313. The molecule has 8 heteroatoms. The standard InChI is InChI=1S/C18H18N2O6/c21-16-8-4-7-15-9-14(12-26-20(23)24)10-19(17(15)16)18(22)25-11-13-5-2-1-3-6-13/h1-8,14,21H,9-12H2. The highest BCUT2D eigenvalue weighted by Gasteiger charge is 2.32. The fourth-order valence-corrected chi connectivity index (χ4v) is 3.02. The Balaban J connectivity index is 1.77. The lowest BCUT2D eigenvalue weighted by Gasteiger charge is -2.33. The number of phenolic OH excluding ortho intramolecular Hbond substituents is 1. The molecule has 0 spiro atoms. The van der Waals surface area contributed by atoms with Crippen molar-refractivity contribution in [3.05, 3.63) is 69.8 Å². The lowest BCUT2D eigenvalue weighted by Crippen LogP contribution is -2.42. The van der Waals surface area contributed by atoms with E-state index in [9.17, 15) is 20.0 Å². The Labute approximate surface area is 149 Å². The third-order valence-electron chi connectivity index (χ3n) is 4.16. The number of hydrogen-bond donors (Lipinski definition) is 1. The van der Waals surface area contributed by atoms with Gasteiger partial charge in [0, 0.05) is 12.5 Å². The summed E-state index contributed by atoms with van der Waals surface area (Å²) >= 11 is 0. The minimum absolute atomic E-state index is 0.0344. The van der Waals surface area contributed by atoms with E-state index in [2.05, 4.69) is 4.84 Å². The van der Waals surface area contributed by atoms with Crippen LogP contribution in [0.15, 0.2) is 48.5 Å². The van der Waals surface area contributed by atoms with Crippen molar-refractivity contribution >= 4 is 11.8 Å². The SMILES string of the molecule is O=C(OCc1ccccc1)N1CC(CO[N+](=O)[O-])Cc2cccc(O)c21. The number of hydrogen-bond acceptors (Lipinski definition) is 6. The van der Waals surface area contributed by atoms with Crippen LogP contribution in [0.4, 0.5) is 10.5 Å². The molecule has 0 radical (unpaired) electrons. The van der Waals surface area contributed by atoms with E-state index >= 15 is 0 Å². The van der Waals surface area contributed by atoms with Crippen molar-refractivity contribution in [3.8, 4) is 5.75 Å². The largest absolute Gasteiger partial charge is 0.506 e. The zero-order valence-corrected chi connectivity index (χ0v) is 13.9. The first-order chi connectivity index (χ1) is 12.5. The molecular weight excluding hydrogens is 340 g/mol. The van der Waals surface area contributed by atoms with E-state index < -0.39 is 11.2 Å². The van der Waals surface area contributed by atoms with E-state index in [4.69, 9.17) is 4.74 Å². The normalized spacial score (nSPS) is 15.8. The molecule has 1 atom stereocenters. The van der Waals surface area contributed by atoms with Gasteiger partial charge in [-0.25, -0.2) is 4.79 Å². The number of amides is 1. The number of ether oxygens (including phenoxy) is 1. The minimum atomic E-state index is -0.851. The molecule has 1 amide bonds. The number of fused-ring (bicyclic) bond motifs is 1. The summed E-state index contributed by atoms with van der Waals surface area (Å²) in [4.78, 5) is 28.8. The van der Waals surface area contributed by atoms with Gasteiger partial charge in [-0.15, -0.1) is 10.1 Å². The number of phenols is 1. The molecule has 0 fully saturated rings. The molecule has 1 N–H and O–H groups in total. The highest BCUT2D eigenvalue weighted by Crippen LogP contribution is 2.37. The number of para-hydroxylation sites is 1. The van der Waals surface area contributed by atoms with Gasteiger partial charge in [-0.1, -0.05) is 42.5 Å². The molecule has 8 nitrogen and oxygen atoms in total. The number of anilines is 1. The van der Waals surface area contributed by atoms with E-state index in [1.807, 2.05) is 30.3 Å². The molecule has 0 aromatic heterocycles. The summed E-state index contributed by atoms with van der Waals surface area (Å²) in [5.41, 5.74) is 1.93. The monoisotopic (exact) mass is 358 g/mol. The van der Waals surface area contributed by atoms with E-state index in [1.165, 1.54) is 11.0 Å². The number of carbonyl (C=O) groups excluding carboxylic acids is 1. The Bertz CT molecular complexity index is 796. The highest BCUT2D eigenvalue weighted by molar-refractivity contribution is 5.91. The van der Waals surface area contributed by atoms with Gasteiger partial charge in [-0.05, 0) is 23.6 Å². The smallest absolute Gasteiger partial charge is 0.414 e. The second kappa shape index (κ2) is 7.73. The van der Waals surface area contributed by atoms with Crippen molar-refractivity contribution in [2.24, 2.45) is 5.92 Å². The Morgan fingerprint density at radius 3 is 2.73 bits per heavy atom. The van der Waals surface area contributed by atoms with Crippen molar-refractivity contribution in [2.45, 2.75) is 13.0 Å². The van der Waals surface area contributed by atoms with Crippen molar-refractivity contribution in [2.75, 3.05) is 18.1 Å². The molecule has 2 aromatic rings. The van der Waals surface area contributed by atoms with Crippen molar-refractivity contribution in [1.29, 1.82) is 0 Å². The van der Waals surface area contributed by atoms with E-state index in [0.717, 1.165) is 5.56 Å². The van der Waals surface area contributed by atoms with Crippen molar-refractivity contribution in [3.63, 3.8) is 0 Å². The van der Waals surface area contributed by atoms with Gasteiger partial charge in [-0.3, -0.25) is 4.90 Å². The van der Waals surface area contributed by atoms with Gasteiger partial charge in [0.2, 0.25) is 0 Å². The number of rotatable bonds is 5. The molecule has 1 aliphatic heterocycles. The number of carbonyl (C=O) groups is 1. The van der Waals surface area contributed by atoms with Crippen LogP contribution >= 0.6 is 0 Å². The molecule has 1 aliphatic rings. The first kappa shape index (κ1) is 17.5. The van der Waals surface area contributed by atoms with E-state index in [0.29, 0.717) is 17.7 Å². The van der Waals surface area contributed by atoms with Crippen LogP contribution in [0.25, 0.3) is 0 Å². The van der Waals surface area contributed by atoms with E-state index in [-0.39, 0.29) is 31.4 Å². The van der Waals surface area contributed by atoms with Gasteiger partial charge in [-0.2, -0.15) is 0 Å². The maximum Gasteiger partial charge on any atom is 0.414 e. The Morgan fingerprint density at radius 2 is 2.00 bits per heavy atom. The molecule has 0 saturated heterocycles. The van der Waals surface area contributed by atoms with Crippen LogP contribution in [0, 0.1) is 16.0 Å². The van der Waals surface area contributed by atoms with Gasteiger partial charge in [0.05, 0.1) is 5.69 Å². The summed E-state index contributed by atoms with van der Waals surface area (Å²) in [6, 6.07) is 14.1. The van der Waals surface area contributed by atoms with Crippen LogP contribution in [0.3, 0.4) is 0 Å². The van der Waals surface area contributed by atoms with Crippen LogP contribution in [-0.2, 0) is 22.6 Å². The van der Waals surface area contributed by atoms with Gasteiger partial charge < -0.3 is 14.7 Å². The zero-order valence-electron chi connectivity index (χ0n) is 13.9. The highest BCUT2D eigenvalue weighted by atomic mass is 16.9. The van der Waals surface area contributed by atoms with Crippen LogP contribution in [0.5, 0.6) is 5.75 Å².